The summed E-state index contributed by atoms with van der Waals surface area (Å²) in [5.74, 6) is 0.517. The van der Waals surface area contributed by atoms with E-state index in [0.29, 0.717) is 24.6 Å². The van der Waals surface area contributed by atoms with E-state index in [-0.39, 0.29) is 0 Å². The quantitative estimate of drug-likeness (QED) is 0.854. The molecule has 2 aromatic heterocycles. The zero-order chi connectivity index (χ0) is 11.9. The first-order valence-corrected chi connectivity index (χ1v) is 5.21. The Balaban J connectivity index is 2.00. The van der Waals surface area contributed by atoms with Gasteiger partial charge in [-0.05, 0) is 18.2 Å². The fraction of sp³-hybridized carbons (Fsp3) is 0.167. The Bertz CT molecular complexity index is 518. The van der Waals surface area contributed by atoms with Crippen LogP contribution < -0.4 is 5.32 Å². The maximum absolute atomic E-state index is 8.58. The van der Waals surface area contributed by atoms with Crippen LogP contribution >= 0.6 is 0 Å². The first-order chi connectivity index (χ1) is 8.38. The van der Waals surface area contributed by atoms with Gasteiger partial charge in [0.1, 0.15) is 0 Å². The van der Waals surface area contributed by atoms with Gasteiger partial charge in [-0.25, -0.2) is 9.97 Å². The fourth-order valence-electron chi connectivity index (χ4n) is 1.33. The highest BCUT2D eigenvalue weighted by atomic mass is 15.1. The summed E-state index contributed by atoms with van der Waals surface area (Å²) in [5, 5.41) is 11.6. The molecule has 0 saturated heterocycles. The van der Waals surface area contributed by atoms with Crippen LogP contribution in [0.5, 0.6) is 0 Å². The molecule has 0 atom stereocenters. The van der Waals surface area contributed by atoms with Gasteiger partial charge in [0.15, 0.2) is 0 Å². The van der Waals surface area contributed by atoms with E-state index in [9.17, 15) is 0 Å². The highest BCUT2D eigenvalue weighted by Crippen LogP contribution is 2.03. The van der Waals surface area contributed by atoms with Crippen LogP contribution in [0.25, 0.3) is 0 Å². The van der Waals surface area contributed by atoms with Crippen molar-refractivity contribution in [3.8, 4) is 6.07 Å². The number of nitrogens with zero attached hydrogens (tertiary/aromatic N) is 4. The van der Waals surface area contributed by atoms with Crippen molar-refractivity contribution in [1.82, 2.24) is 15.0 Å². The Kier molecular flexibility index (Phi) is 3.61. The highest BCUT2D eigenvalue weighted by Gasteiger charge is 1.99. The van der Waals surface area contributed by atoms with E-state index in [1.165, 1.54) is 0 Å². The average molecular weight is 225 g/mol. The first-order valence-electron chi connectivity index (χ1n) is 5.21. The minimum Gasteiger partial charge on any atom is -0.349 e. The molecule has 1 N–H and O–H groups in total. The molecule has 17 heavy (non-hydrogen) atoms. The SMILES string of the molecule is N#CCc1ccnc(NCc2ccccn2)n1. The zero-order valence-corrected chi connectivity index (χ0v) is 9.17. The molecule has 5 nitrogen and oxygen atoms in total. The van der Waals surface area contributed by atoms with Crippen LogP contribution in [0.4, 0.5) is 5.95 Å². The van der Waals surface area contributed by atoms with Crippen LogP contribution in [0, 0.1) is 11.3 Å². The summed E-state index contributed by atoms with van der Waals surface area (Å²) in [6, 6.07) is 9.50. The minimum absolute atomic E-state index is 0.292. The third-order valence-electron chi connectivity index (χ3n) is 2.13. The molecule has 0 unspecified atom stereocenters. The normalized spacial score (nSPS) is 9.59. The van der Waals surface area contributed by atoms with E-state index < -0.39 is 0 Å². The molecule has 0 saturated carbocycles. The molecule has 0 amide bonds. The Labute approximate surface area is 99.2 Å². The van der Waals surface area contributed by atoms with Crippen molar-refractivity contribution in [1.29, 1.82) is 5.26 Å². The summed E-state index contributed by atoms with van der Waals surface area (Å²) in [6.45, 7) is 0.566. The van der Waals surface area contributed by atoms with Crippen molar-refractivity contribution in [3.05, 3.63) is 48.0 Å². The van der Waals surface area contributed by atoms with Gasteiger partial charge in [0.05, 0.1) is 30.4 Å². The molecule has 0 fully saturated rings. The van der Waals surface area contributed by atoms with E-state index in [0.717, 1.165) is 5.69 Å². The monoisotopic (exact) mass is 225 g/mol. The third kappa shape index (κ3) is 3.24. The maximum atomic E-state index is 8.58. The number of pyridine rings is 1. The van der Waals surface area contributed by atoms with E-state index >= 15 is 0 Å². The molecule has 2 aromatic rings. The molecule has 0 aliphatic rings. The van der Waals surface area contributed by atoms with E-state index in [1.54, 1.807) is 18.5 Å². The topological polar surface area (TPSA) is 74.5 Å². The predicted octanol–water partition coefficient (Wildman–Crippen LogP) is 1.55. The Morgan fingerprint density at radius 1 is 1.12 bits per heavy atom. The second-order valence-electron chi connectivity index (χ2n) is 3.38. The van der Waals surface area contributed by atoms with Crippen molar-refractivity contribution in [2.45, 2.75) is 13.0 Å². The van der Waals surface area contributed by atoms with Gasteiger partial charge in [0.2, 0.25) is 5.95 Å². The lowest BCUT2D eigenvalue weighted by Crippen LogP contribution is -2.05. The smallest absolute Gasteiger partial charge is 0.223 e. The standard InChI is InChI=1S/C12H11N5/c13-6-4-10-5-8-15-12(17-10)16-9-11-3-1-2-7-14-11/h1-3,5,7-8H,4,9H2,(H,15,16,17). The van der Waals surface area contributed by atoms with Crippen molar-refractivity contribution in [2.75, 3.05) is 5.32 Å². The van der Waals surface area contributed by atoms with E-state index in [2.05, 4.69) is 26.3 Å². The number of aromatic nitrogens is 3. The molecule has 84 valence electrons. The molecule has 0 aliphatic carbocycles. The van der Waals surface area contributed by atoms with Gasteiger partial charge in [-0.2, -0.15) is 5.26 Å². The number of nitrogens with one attached hydrogen (secondary N) is 1. The zero-order valence-electron chi connectivity index (χ0n) is 9.17. The van der Waals surface area contributed by atoms with Crippen molar-refractivity contribution < 1.29 is 0 Å². The van der Waals surface area contributed by atoms with E-state index in [4.69, 9.17) is 5.26 Å². The molecule has 0 aromatic carbocycles. The summed E-state index contributed by atoms with van der Waals surface area (Å²) in [5.41, 5.74) is 1.63. The summed E-state index contributed by atoms with van der Waals surface area (Å²) >= 11 is 0. The fourth-order valence-corrected chi connectivity index (χ4v) is 1.33. The van der Waals surface area contributed by atoms with Crippen molar-refractivity contribution in [3.63, 3.8) is 0 Å². The van der Waals surface area contributed by atoms with Gasteiger partial charge < -0.3 is 5.32 Å². The van der Waals surface area contributed by atoms with E-state index in [1.807, 2.05) is 18.2 Å². The number of hydrogen-bond acceptors (Lipinski definition) is 5. The summed E-state index contributed by atoms with van der Waals surface area (Å²) in [4.78, 5) is 12.5. The molecule has 0 bridgehead atoms. The lowest BCUT2D eigenvalue weighted by molar-refractivity contribution is 0.978. The van der Waals surface area contributed by atoms with Crippen LogP contribution in [0.2, 0.25) is 0 Å². The second kappa shape index (κ2) is 5.56. The largest absolute Gasteiger partial charge is 0.349 e. The van der Waals surface area contributed by atoms with Gasteiger partial charge >= 0.3 is 0 Å². The van der Waals surface area contributed by atoms with Crippen LogP contribution in [0.3, 0.4) is 0 Å². The van der Waals surface area contributed by atoms with Crippen molar-refractivity contribution in [2.24, 2.45) is 0 Å². The van der Waals surface area contributed by atoms with Crippen LogP contribution in [-0.4, -0.2) is 15.0 Å². The van der Waals surface area contributed by atoms with Gasteiger partial charge in [0, 0.05) is 12.4 Å². The Morgan fingerprint density at radius 2 is 2.06 bits per heavy atom. The minimum atomic E-state index is 0.292. The molecule has 2 rings (SSSR count). The second-order valence-corrected chi connectivity index (χ2v) is 3.38. The molecule has 5 heteroatoms. The number of anilines is 1. The summed E-state index contributed by atoms with van der Waals surface area (Å²) in [6.07, 6.45) is 3.67. The van der Waals surface area contributed by atoms with Crippen LogP contribution in [0.15, 0.2) is 36.7 Å². The lowest BCUT2D eigenvalue weighted by Gasteiger charge is -2.04. The predicted molar refractivity (Wildman–Crippen MR) is 62.9 cm³/mol. The van der Waals surface area contributed by atoms with Gasteiger partial charge in [-0.1, -0.05) is 6.07 Å². The first kappa shape index (κ1) is 11.0. The highest BCUT2D eigenvalue weighted by molar-refractivity contribution is 5.27. The van der Waals surface area contributed by atoms with Gasteiger partial charge in [-0.15, -0.1) is 0 Å². The summed E-state index contributed by atoms with van der Waals surface area (Å²) < 4.78 is 0. The maximum Gasteiger partial charge on any atom is 0.223 e. The average Bonchev–Trinajstić information content (AvgIpc) is 2.39. The molecule has 0 radical (unpaired) electrons. The molecule has 0 spiro atoms. The lowest BCUT2D eigenvalue weighted by atomic mass is 10.3. The third-order valence-corrected chi connectivity index (χ3v) is 2.13. The van der Waals surface area contributed by atoms with Gasteiger partial charge in [-0.3, -0.25) is 4.98 Å². The van der Waals surface area contributed by atoms with Crippen LogP contribution in [0.1, 0.15) is 11.4 Å². The Morgan fingerprint density at radius 3 is 2.82 bits per heavy atom. The van der Waals surface area contributed by atoms with Crippen molar-refractivity contribution >= 4 is 5.95 Å². The molecular weight excluding hydrogens is 214 g/mol. The molecule has 2 heterocycles. The number of nitriles is 1. The van der Waals surface area contributed by atoms with Crippen LogP contribution in [-0.2, 0) is 13.0 Å². The summed E-state index contributed by atoms with van der Waals surface area (Å²) in [7, 11) is 0. The number of hydrogen-bond donors (Lipinski definition) is 1. The number of rotatable bonds is 4. The van der Waals surface area contributed by atoms with Gasteiger partial charge in [0.25, 0.3) is 0 Å². The molecular formula is C12H11N5. The molecule has 0 aliphatic heterocycles. The Hall–Kier alpha value is -2.48.